The van der Waals surface area contributed by atoms with Crippen LogP contribution in [-0.2, 0) is 0 Å². The molecule has 2 aliphatic rings. The van der Waals surface area contributed by atoms with Gasteiger partial charge in [-0.2, -0.15) is 8.78 Å². The van der Waals surface area contributed by atoms with E-state index in [1.807, 2.05) is 0 Å². The van der Waals surface area contributed by atoms with Crippen LogP contribution < -0.4 is 0 Å². The highest BCUT2D eigenvalue weighted by Crippen LogP contribution is 2.42. The molecule has 3 heteroatoms. The van der Waals surface area contributed by atoms with Crippen LogP contribution in [-0.4, -0.2) is 0 Å². The van der Waals surface area contributed by atoms with Gasteiger partial charge in [-0.3, -0.25) is 0 Å². The third-order valence-electron chi connectivity index (χ3n) is 4.63. The van der Waals surface area contributed by atoms with E-state index in [-0.39, 0.29) is 0 Å². The molecule has 0 amide bonds. The summed E-state index contributed by atoms with van der Waals surface area (Å²) in [6, 6.07) is 0. The van der Waals surface area contributed by atoms with E-state index in [0.29, 0.717) is 18.8 Å². The Morgan fingerprint density at radius 1 is 0.647 bits per heavy atom. The van der Waals surface area contributed by atoms with E-state index in [1.165, 1.54) is 32.1 Å². The van der Waals surface area contributed by atoms with Gasteiger partial charge in [-0.25, -0.2) is 4.39 Å². The molecule has 0 N–H and O–H groups in total. The summed E-state index contributed by atoms with van der Waals surface area (Å²) in [5.74, 6) is -0.194. The maximum atomic E-state index is 13.1. The van der Waals surface area contributed by atoms with Crippen LogP contribution >= 0.6 is 0 Å². The first-order valence-corrected chi connectivity index (χ1v) is 6.89. The second-order valence-corrected chi connectivity index (χ2v) is 5.62. The van der Waals surface area contributed by atoms with E-state index in [9.17, 15) is 13.2 Å². The van der Waals surface area contributed by atoms with Crippen molar-refractivity contribution in [3.05, 3.63) is 11.9 Å². The Morgan fingerprint density at radius 2 is 1.18 bits per heavy atom. The molecule has 0 saturated heterocycles. The second-order valence-electron chi connectivity index (χ2n) is 5.62. The summed E-state index contributed by atoms with van der Waals surface area (Å²) < 4.78 is 37.4. The first-order valence-electron chi connectivity index (χ1n) is 6.89. The molecule has 2 rings (SSSR count). The normalized spacial score (nSPS) is 31.2. The molecule has 0 aliphatic heterocycles. The lowest BCUT2D eigenvalue weighted by molar-refractivity contribution is 0.165. The average molecular weight is 246 g/mol. The third kappa shape index (κ3) is 3.26. The maximum absolute atomic E-state index is 13.1. The molecular formula is C14H21F3. The van der Waals surface area contributed by atoms with Crippen molar-refractivity contribution in [2.24, 2.45) is 17.8 Å². The minimum absolute atomic E-state index is 0.500. The van der Waals surface area contributed by atoms with Gasteiger partial charge in [0, 0.05) is 5.92 Å². The third-order valence-corrected chi connectivity index (χ3v) is 4.63. The molecule has 0 radical (unpaired) electrons. The Bertz CT molecular complexity index is 267. The van der Waals surface area contributed by atoms with E-state index < -0.39 is 17.8 Å². The summed E-state index contributed by atoms with van der Waals surface area (Å²) in [5.41, 5.74) is 0. The van der Waals surface area contributed by atoms with Crippen molar-refractivity contribution >= 4 is 0 Å². The zero-order chi connectivity index (χ0) is 12.3. The molecule has 2 saturated carbocycles. The number of hydrogen-bond donors (Lipinski definition) is 0. The minimum atomic E-state index is -2.11. The zero-order valence-corrected chi connectivity index (χ0v) is 10.2. The molecule has 0 spiro atoms. The number of rotatable bonds is 2. The van der Waals surface area contributed by atoms with Crippen molar-refractivity contribution in [1.82, 2.24) is 0 Å². The fourth-order valence-electron chi connectivity index (χ4n) is 3.60. The largest absolute Gasteiger partial charge is 0.301 e. The summed E-state index contributed by atoms with van der Waals surface area (Å²) in [6.45, 7) is 0. The molecule has 0 atom stereocenters. The lowest BCUT2D eigenvalue weighted by Crippen LogP contribution is -2.23. The summed E-state index contributed by atoms with van der Waals surface area (Å²) >= 11 is 0. The number of hydrogen-bond acceptors (Lipinski definition) is 0. The molecular weight excluding hydrogens is 225 g/mol. The van der Waals surface area contributed by atoms with Gasteiger partial charge in [-0.05, 0) is 37.5 Å². The quantitative estimate of drug-likeness (QED) is 0.607. The smallest absolute Gasteiger partial charge is 0.206 e. The van der Waals surface area contributed by atoms with Gasteiger partial charge in [0.25, 0.3) is 0 Å². The van der Waals surface area contributed by atoms with Gasteiger partial charge in [-0.1, -0.05) is 32.1 Å². The first-order chi connectivity index (χ1) is 8.18. The highest BCUT2D eigenvalue weighted by molar-refractivity contribution is 5.00. The van der Waals surface area contributed by atoms with Crippen LogP contribution in [0.5, 0.6) is 0 Å². The average Bonchev–Trinajstić information content (AvgIpc) is 2.39. The van der Waals surface area contributed by atoms with Gasteiger partial charge in [0.2, 0.25) is 0 Å². The highest BCUT2D eigenvalue weighted by Gasteiger charge is 2.31. The van der Waals surface area contributed by atoms with Crippen LogP contribution in [0.1, 0.15) is 57.8 Å². The van der Waals surface area contributed by atoms with Crippen molar-refractivity contribution in [2.45, 2.75) is 57.8 Å². The van der Waals surface area contributed by atoms with Crippen molar-refractivity contribution in [3.63, 3.8) is 0 Å². The summed E-state index contributed by atoms with van der Waals surface area (Å²) in [4.78, 5) is 0. The van der Waals surface area contributed by atoms with Crippen molar-refractivity contribution in [2.75, 3.05) is 0 Å². The van der Waals surface area contributed by atoms with E-state index in [0.717, 1.165) is 18.8 Å². The Morgan fingerprint density at radius 3 is 1.71 bits per heavy atom. The van der Waals surface area contributed by atoms with Gasteiger partial charge in [0.05, 0.1) is 0 Å². The van der Waals surface area contributed by atoms with Crippen LogP contribution in [0, 0.1) is 17.8 Å². The van der Waals surface area contributed by atoms with Gasteiger partial charge < -0.3 is 0 Å². The SMILES string of the molecule is FC(F)=C(F)C1CCC(C2CCCCC2)CC1. The van der Waals surface area contributed by atoms with Gasteiger partial charge in [-0.15, -0.1) is 0 Å². The van der Waals surface area contributed by atoms with E-state index in [4.69, 9.17) is 0 Å². The van der Waals surface area contributed by atoms with Crippen LogP contribution in [0.3, 0.4) is 0 Å². The second kappa shape index (κ2) is 5.92. The fraction of sp³-hybridized carbons (Fsp3) is 0.857. The molecule has 0 aromatic heterocycles. The van der Waals surface area contributed by atoms with E-state index in [2.05, 4.69) is 0 Å². The molecule has 0 aromatic rings. The molecule has 0 heterocycles. The Labute approximate surface area is 101 Å². The van der Waals surface area contributed by atoms with Gasteiger partial charge >= 0.3 is 6.08 Å². The van der Waals surface area contributed by atoms with Crippen LogP contribution in [0.2, 0.25) is 0 Å². The van der Waals surface area contributed by atoms with Crippen LogP contribution in [0.25, 0.3) is 0 Å². The van der Waals surface area contributed by atoms with Crippen molar-refractivity contribution in [3.8, 4) is 0 Å². The standard InChI is InChI=1S/C14H21F3/c15-13(14(16)17)12-8-6-11(7-9-12)10-4-2-1-3-5-10/h10-12H,1-9H2. The molecule has 2 aliphatic carbocycles. The molecule has 0 nitrogen and oxygen atoms in total. The first kappa shape index (κ1) is 13.0. The molecule has 0 bridgehead atoms. The lowest BCUT2D eigenvalue weighted by Gasteiger charge is -2.35. The highest BCUT2D eigenvalue weighted by atomic mass is 19.3. The molecule has 0 unspecified atom stereocenters. The zero-order valence-electron chi connectivity index (χ0n) is 10.2. The monoisotopic (exact) mass is 246 g/mol. The Kier molecular flexibility index (Phi) is 4.52. The van der Waals surface area contributed by atoms with Crippen molar-refractivity contribution < 1.29 is 13.2 Å². The minimum Gasteiger partial charge on any atom is -0.206 e. The maximum Gasteiger partial charge on any atom is 0.301 e. The van der Waals surface area contributed by atoms with Crippen LogP contribution in [0.4, 0.5) is 13.2 Å². The number of halogens is 3. The van der Waals surface area contributed by atoms with E-state index in [1.54, 1.807) is 0 Å². The molecule has 0 aromatic carbocycles. The molecule has 98 valence electrons. The van der Waals surface area contributed by atoms with Crippen molar-refractivity contribution in [1.29, 1.82) is 0 Å². The Balaban J connectivity index is 1.83. The number of allylic oxidation sites excluding steroid dienone is 1. The predicted octanol–water partition coefficient (Wildman–Crippen LogP) is 5.45. The topological polar surface area (TPSA) is 0 Å². The summed E-state index contributed by atoms with van der Waals surface area (Å²) in [7, 11) is 0. The van der Waals surface area contributed by atoms with Gasteiger partial charge in [0.15, 0.2) is 5.83 Å². The van der Waals surface area contributed by atoms with Crippen LogP contribution in [0.15, 0.2) is 11.9 Å². The summed E-state index contributed by atoms with van der Waals surface area (Å²) in [6.07, 6.45) is 7.58. The van der Waals surface area contributed by atoms with Gasteiger partial charge in [0.1, 0.15) is 0 Å². The fourth-order valence-corrected chi connectivity index (χ4v) is 3.60. The molecule has 17 heavy (non-hydrogen) atoms. The predicted molar refractivity (Wildman–Crippen MR) is 62.4 cm³/mol. The summed E-state index contributed by atoms with van der Waals surface area (Å²) in [5, 5.41) is 0. The Hall–Kier alpha value is -0.470. The molecule has 2 fully saturated rings. The lowest BCUT2D eigenvalue weighted by atomic mass is 9.71. The van der Waals surface area contributed by atoms with E-state index >= 15 is 0 Å².